The quantitative estimate of drug-likeness (QED) is 0.575. The van der Waals surface area contributed by atoms with Crippen molar-refractivity contribution in [1.29, 1.82) is 0 Å². The molecule has 9 heavy (non-hydrogen) atoms. The van der Waals surface area contributed by atoms with Crippen molar-refractivity contribution in [2.75, 3.05) is 0 Å². The summed E-state index contributed by atoms with van der Waals surface area (Å²) in [5.41, 5.74) is 0. The molecule has 1 nitrogen and oxygen atoms in total. The van der Waals surface area contributed by atoms with Gasteiger partial charge in [-0.15, -0.1) is 0 Å². The van der Waals surface area contributed by atoms with Crippen LogP contribution in [0.25, 0.3) is 0 Å². The van der Waals surface area contributed by atoms with Crippen LogP contribution in [0.4, 0.5) is 0 Å². The fourth-order valence-electron chi connectivity index (χ4n) is 0.556. The Labute approximate surface area is 57.4 Å². The molecule has 0 saturated carbocycles. The Bertz CT molecular complexity index is 76.6. The molecule has 0 spiro atoms. The minimum atomic E-state index is -0.225. The van der Waals surface area contributed by atoms with Crippen LogP contribution >= 0.6 is 0 Å². The molecule has 0 bridgehead atoms. The van der Waals surface area contributed by atoms with E-state index in [4.69, 9.17) is 5.11 Å². The smallest absolute Gasteiger partial charge is 0.0718 e. The predicted octanol–water partition coefficient (Wildman–Crippen LogP) is 2.11. The van der Waals surface area contributed by atoms with Crippen LogP contribution in [0.3, 0.4) is 0 Å². The molecule has 54 valence electrons. The molecule has 0 aromatic carbocycles. The fourth-order valence-corrected chi connectivity index (χ4v) is 0.556. The monoisotopic (exact) mass is 128 g/mol. The van der Waals surface area contributed by atoms with Crippen LogP contribution in [0.5, 0.6) is 0 Å². The van der Waals surface area contributed by atoms with Crippen molar-refractivity contribution in [3.63, 3.8) is 0 Å². The van der Waals surface area contributed by atoms with E-state index in [0.717, 1.165) is 19.3 Å². The minimum absolute atomic E-state index is 0.225. The Morgan fingerprint density at radius 1 is 1.44 bits per heavy atom. The van der Waals surface area contributed by atoms with E-state index in [0.29, 0.717) is 0 Å². The maximum atomic E-state index is 9.00. The van der Waals surface area contributed by atoms with Crippen LogP contribution in [-0.2, 0) is 0 Å². The lowest BCUT2D eigenvalue weighted by atomic mass is 10.2. The lowest BCUT2D eigenvalue weighted by Gasteiger charge is -1.97. The van der Waals surface area contributed by atoms with E-state index in [9.17, 15) is 0 Å². The summed E-state index contributed by atoms with van der Waals surface area (Å²) in [6.45, 7) is 4.10. The molecule has 1 heteroatoms. The van der Waals surface area contributed by atoms with Gasteiger partial charge in [-0.25, -0.2) is 0 Å². The summed E-state index contributed by atoms with van der Waals surface area (Å²) in [5.74, 6) is 0. The molecule has 1 N–H and O–H groups in total. The lowest BCUT2D eigenvalue weighted by molar-refractivity contribution is 0.219. The highest BCUT2D eigenvalue weighted by molar-refractivity contribution is 4.87. The first-order valence-corrected chi connectivity index (χ1v) is 3.66. The summed E-state index contributed by atoms with van der Waals surface area (Å²) in [6.07, 6.45) is 6.73. The second-order valence-corrected chi connectivity index (χ2v) is 2.19. The number of allylic oxidation sites excluding steroid dienone is 1. The van der Waals surface area contributed by atoms with E-state index in [-0.39, 0.29) is 6.10 Å². The van der Waals surface area contributed by atoms with Crippen molar-refractivity contribution in [1.82, 2.24) is 0 Å². The van der Waals surface area contributed by atoms with Crippen LogP contribution in [-0.4, -0.2) is 11.2 Å². The first kappa shape index (κ1) is 8.70. The first-order chi connectivity index (χ1) is 4.31. The molecule has 0 heterocycles. The van der Waals surface area contributed by atoms with Gasteiger partial charge in [-0.1, -0.05) is 32.4 Å². The SMILES string of the molecule is CCC/C=C/[C@@H](O)CC. The number of hydrogen-bond acceptors (Lipinski definition) is 1. The van der Waals surface area contributed by atoms with Crippen molar-refractivity contribution < 1.29 is 5.11 Å². The van der Waals surface area contributed by atoms with Crippen molar-refractivity contribution in [2.24, 2.45) is 0 Å². The number of aliphatic hydroxyl groups is 1. The number of hydrogen-bond donors (Lipinski definition) is 1. The van der Waals surface area contributed by atoms with Crippen LogP contribution in [0, 0.1) is 0 Å². The Morgan fingerprint density at radius 2 is 2.11 bits per heavy atom. The van der Waals surface area contributed by atoms with Crippen LogP contribution in [0.2, 0.25) is 0 Å². The standard InChI is InChI=1S/C8H16O/c1-3-5-6-7-8(9)4-2/h6-9H,3-5H2,1-2H3/b7-6+/t8-/m0/s1. The number of unbranched alkanes of at least 4 members (excludes halogenated alkanes) is 1. The molecular formula is C8H16O. The van der Waals surface area contributed by atoms with E-state index in [1.807, 2.05) is 19.1 Å². The van der Waals surface area contributed by atoms with Crippen LogP contribution < -0.4 is 0 Å². The molecule has 0 radical (unpaired) electrons. The van der Waals surface area contributed by atoms with E-state index in [1.165, 1.54) is 0 Å². The summed E-state index contributed by atoms with van der Waals surface area (Å²) in [5, 5.41) is 9.00. The molecule has 0 rings (SSSR count). The molecule has 0 aliphatic carbocycles. The Kier molecular flexibility index (Phi) is 5.64. The maximum Gasteiger partial charge on any atom is 0.0718 e. The van der Waals surface area contributed by atoms with Gasteiger partial charge in [-0.05, 0) is 12.8 Å². The van der Waals surface area contributed by atoms with Gasteiger partial charge in [0.1, 0.15) is 0 Å². The van der Waals surface area contributed by atoms with Crippen LogP contribution in [0.1, 0.15) is 33.1 Å². The van der Waals surface area contributed by atoms with Crippen molar-refractivity contribution >= 4 is 0 Å². The number of rotatable bonds is 4. The van der Waals surface area contributed by atoms with Crippen molar-refractivity contribution in [2.45, 2.75) is 39.2 Å². The molecule has 0 aliphatic heterocycles. The maximum absolute atomic E-state index is 9.00. The average Bonchev–Trinajstić information content (AvgIpc) is 1.89. The first-order valence-electron chi connectivity index (χ1n) is 3.66. The van der Waals surface area contributed by atoms with Crippen molar-refractivity contribution in [3.8, 4) is 0 Å². The molecule has 0 amide bonds. The summed E-state index contributed by atoms with van der Waals surface area (Å²) in [4.78, 5) is 0. The van der Waals surface area contributed by atoms with E-state index in [2.05, 4.69) is 6.92 Å². The Balaban J connectivity index is 3.20. The third-order valence-electron chi connectivity index (χ3n) is 1.23. The third-order valence-corrected chi connectivity index (χ3v) is 1.23. The van der Waals surface area contributed by atoms with E-state index >= 15 is 0 Å². The normalized spacial score (nSPS) is 14.6. The largest absolute Gasteiger partial charge is 0.389 e. The minimum Gasteiger partial charge on any atom is -0.389 e. The van der Waals surface area contributed by atoms with E-state index in [1.54, 1.807) is 0 Å². The zero-order valence-corrected chi connectivity index (χ0v) is 6.30. The zero-order valence-electron chi connectivity index (χ0n) is 6.30. The number of aliphatic hydroxyl groups excluding tert-OH is 1. The molecule has 0 aromatic rings. The summed E-state index contributed by atoms with van der Waals surface area (Å²) in [7, 11) is 0. The Morgan fingerprint density at radius 3 is 2.56 bits per heavy atom. The lowest BCUT2D eigenvalue weighted by Crippen LogP contribution is -1.97. The molecule has 0 unspecified atom stereocenters. The summed E-state index contributed by atoms with van der Waals surface area (Å²) in [6, 6.07) is 0. The molecule has 0 saturated heterocycles. The summed E-state index contributed by atoms with van der Waals surface area (Å²) >= 11 is 0. The van der Waals surface area contributed by atoms with Gasteiger partial charge < -0.3 is 5.11 Å². The van der Waals surface area contributed by atoms with Gasteiger partial charge in [-0.3, -0.25) is 0 Å². The topological polar surface area (TPSA) is 20.2 Å². The summed E-state index contributed by atoms with van der Waals surface area (Å²) < 4.78 is 0. The van der Waals surface area contributed by atoms with Gasteiger partial charge in [0.05, 0.1) is 6.10 Å². The second kappa shape index (κ2) is 5.83. The highest BCUT2D eigenvalue weighted by Gasteiger charge is 1.89. The van der Waals surface area contributed by atoms with Crippen LogP contribution in [0.15, 0.2) is 12.2 Å². The molecule has 0 aliphatic rings. The highest BCUT2D eigenvalue weighted by Crippen LogP contribution is 1.94. The average molecular weight is 128 g/mol. The molecular weight excluding hydrogens is 112 g/mol. The molecule has 1 atom stereocenters. The van der Waals surface area contributed by atoms with Gasteiger partial charge in [-0.2, -0.15) is 0 Å². The van der Waals surface area contributed by atoms with Gasteiger partial charge in [0.15, 0.2) is 0 Å². The molecule has 0 aromatic heterocycles. The Hall–Kier alpha value is -0.300. The fraction of sp³-hybridized carbons (Fsp3) is 0.750. The van der Waals surface area contributed by atoms with E-state index < -0.39 is 0 Å². The second-order valence-electron chi connectivity index (χ2n) is 2.19. The van der Waals surface area contributed by atoms with Crippen molar-refractivity contribution in [3.05, 3.63) is 12.2 Å². The third kappa shape index (κ3) is 5.57. The van der Waals surface area contributed by atoms with Gasteiger partial charge in [0.2, 0.25) is 0 Å². The zero-order chi connectivity index (χ0) is 7.11. The highest BCUT2D eigenvalue weighted by atomic mass is 16.3. The van der Waals surface area contributed by atoms with Gasteiger partial charge in [0.25, 0.3) is 0 Å². The van der Waals surface area contributed by atoms with Gasteiger partial charge in [0, 0.05) is 0 Å². The van der Waals surface area contributed by atoms with Gasteiger partial charge >= 0.3 is 0 Å². The molecule has 0 fully saturated rings. The predicted molar refractivity (Wildman–Crippen MR) is 40.3 cm³/mol.